The van der Waals surface area contributed by atoms with Crippen LogP contribution in [0.1, 0.15) is 16.1 Å². The van der Waals surface area contributed by atoms with Gasteiger partial charge in [0.1, 0.15) is 5.69 Å². The van der Waals surface area contributed by atoms with Crippen molar-refractivity contribution in [1.82, 2.24) is 4.98 Å². The second-order valence-electron chi connectivity index (χ2n) is 2.82. The van der Waals surface area contributed by atoms with Crippen molar-refractivity contribution in [2.24, 2.45) is 0 Å². The SMILES string of the molecule is COc1c(OC(F)(F)F)cnc(C=O)c1CCl. The number of carbonyl (C=O) groups excluding carboxylic acids is 1. The maximum Gasteiger partial charge on any atom is 0.573 e. The lowest BCUT2D eigenvalue weighted by molar-refractivity contribution is -0.275. The van der Waals surface area contributed by atoms with E-state index in [2.05, 4.69) is 9.72 Å². The quantitative estimate of drug-likeness (QED) is 0.622. The highest BCUT2D eigenvalue weighted by atomic mass is 35.5. The molecule has 0 N–H and O–H groups in total. The van der Waals surface area contributed by atoms with Crippen molar-refractivity contribution in [1.29, 1.82) is 0 Å². The van der Waals surface area contributed by atoms with Crippen LogP contribution in [0.25, 0.3) is 0 Å². The summed E-state index contributed by atoms with van der Waals surface area (Å²) in [7, 11) is 1.14. The predicted molar refractivity (Wildman–Crippen MR) is 52.4 cm³/mol. The smallest absolute Gasteiger partial charge is 0.492 e. The molecule has 0 aliphatic rings. The molecule has 1 aromatic rings. The van der Waals surface area contributed by atoms with Gasteiger partial charge in [0.05, 0.1) is 19.2 Å². The van der Waals surface area contributed by atoms with Gasteiger partial charge in [0, 0.05) is 5.56 Å². The van der Waals surface area contributed by atoms with Gasteiger partial charge in [0.2, 0.25) is 0 Å². The first-order valence-electron chi connectivity index (χ1n) is 4.25. The summed E-state index contributed by atoms with van der Waals surface area (Å²) < 4.78 is 44.7. The number of hydrogen-bond donors (Lipinski definition) is 0. The number of halogens is 4. The van der Waals surface area contributed by atoms with Crippen LogP contribution in [-0.4, -0.2) is 24.7 Å². The molecule has 0 radical (unpaired) electrons. The lowest BCUT2D eigenvalue weighted by atomic mass is 10.2. The average Bonchev–Trinajstić information content (AvgIpc) is 2.26. The van der Waals surface area contributed by atoms with E-state index < -0.39 is 12.1 Å². The molecule has 17 heavy (non-hydrogen) atoms. The fraction of sp³-hybridized carbons (Fsp3) is 0.333. The normalized spacial score (nSPS) is 11.1. The van der Waals surface area contributed by atoms with Gasteiger partial charge in [-0.1, -0.05) is 0 Å². The zero-order chi connectivity index (χ0) is 13.1. The number of aromatic nitrogens is 1. The van der Waals surface area contributed by atoms with E-state index in [9.17, 15) is 18.0 Å². The number of hydrogen-bond acceptors (Lipinski definition) is 4. The van der Waals surface area contributed by atoms with E-state index in [0.717, 1.165) is 13.3 Å². The molecule has 0 spiro atoms. The van der Waals surface area contributed by atoms with E-state index in [0.29, 0.717) is 6.29 Å². The topological polar surface area (TPSA) is 48.4 Å². The summed E-state index contributed by atoms with van der Waals surface area (Å²) >= 11 is 5.52. The van der Waals surface area contributed by atoms with Crippen LogP contribution in [0.15, 0.2) is 6.20 Å². The maximum absolute atomic E-state index is 12.1. The largest absolute Gasteiger partial charge is 0.573 e. The Hall–Kier alpha value is -1.50. The lowest BCUT2D eigenvalue weighted by Gasteiger charge is -2.15. The minimum atomic E-state index is -4.87. The Morgan fingerprint density at radius 3 is 2.59 bits per heavy atom. The molecule has 0 aliphatic heterocycles. The lowest BCUT2D eigenvalue weighted by Crippen LogP contribution is -2.18. The van der Waals surface area contributed by atoms with E-state index in [1.807, 2.05) is 0 Å². The highest BCUT2D eigenvalue weighted by Crippen LogP contribution is 2.36. The van der Waals surface area contributed by atoms with Crippen LogP contribution < -0.4 is 9.47 Å². The molecule has 0 atom stereocenters. The Labute approximate surface area is 99.3 Å². The Morgan fingerprint density at radius 2 is 2.18 bits per heavy atom. The summed E-state index contributed by atoms with van der Waals surface area (Å²) in [6, 6.07) is 0. The van der Waals surface area contributed by atoms with Gasteiger partial charge in [-0.2, -0.15) is 0 Å². The number of aldehydes is 1. The van der Waals surface area contributed by atoms with Crippen molar-refractivity contribution in [2.45, 2.75) is 12.2 Å². The van der Waals surface area contributed by atoms with Crippen molar-refractivity contribution < 1.29 is 27.4 Å². The van der Waals surface area contributed by atoms with Crippen molar-refractivity contribution in [3.05, 3.63) is 17.5 Å². The third kappa shape index (κ3) is 3.23. The third-order valence-electron chi connectivity index (χ3n) is 1.80. The summed E-state index contributed by atoms with van der Waals surface area (Å²) in [6.45, 7) is 0. The van der Waals surface area contributed by atoms with Gasteiger partial charge in [-0.3, -0.25) is 4.79 Å². The Kier molecular flexibility index (Phi) is 4.17. The second-order valence-corrected chi connectivity index (χ2v) is 3.09. The zero-order valence-corrected chi connectivity index (χ0v) is 9.30. The van der Waals surface area contributed by atoms with Crippen LogP contribution in [0, 0.1) is 0 Å². The fourth-order valence-electron chi connectivity index (χ4n) is 1.18. The van der Waals surface area contributed by atoms with E-state index in [-0.39, 0.29) is 22.9 Å². The van der Waals surface area contributed by atoms with Crippen LogP contribution >= 0.6 is 11.6 Å². The van der Waals surface area contributed by atoms with Crippen LogP contribution in [0.2, 0.25) is 0 Å². The number of ether oxygens (including phenoxy) is 2. The van der Waals surface area contributed by atoms with Crippen LogP contribution in [0.5, 0.6) is 11.5 Å². The van der Waals surface area contributed by atoms with Crippen LogP contribution in [0.4, 0.5) is 13.2 Å². The molecule has 0 bridgehead atoms. The first-order chi connectivity index (χ1) is 7.92. The molecule has 1 rings (SSSR count). The van der Waals surface area contributed by atoms with Crippen molar-refractivity contribution in [2.75, 3.05) is 7.11 Å². The standard InChI is InChI=1S/C9H7ClF3NO3/c1-16-8-5(2-10)6(4-15)14-3-7(8)17-9(11,12)13/h3-4H,2H2,1H3. The first kappa shape index (κ1) is 13.6. The summed E-state index contributed by atoms with van der Waals surface area (Å²) in [4.78, 5) is 14.1. The summed E-state index contributed by atoms with van der Waals surface area (Å²) in [5.74, 6) is -1.12. The van der Waals surface area contributed by atoms with Crippen molar-refractivity contribution in [3.63, 3.8) is 0 Å². The van der Waals surface area contributed by atoms with Crippen LogP contribution in [0.3, 0.4) is 0 Å². The van der Waals surface area contributed by atoms with Gasteiger partial charge < -0.3 is 9.47 Å². The number of rotatable bonds is 4. The second kappa shape index (κ2) is 5.22. The minimum absolute atomic E-state index is 0.0471. The average molecular weight is 270 g/mol. The molecule has 1 aromatic heterocycles. The van der Waals surface area contributed by atoms with Crippen molar-refractivity contribution in [3.8, 4) is 11.5 Å². The van der Waals surface area contributed by atoms with E-state index in [4.69, 9.17) is 16.3 Å². The number of carbonyl (C=O) groups is 1. The van der Waals surface area contributed by atoms with Gasteiger partial charge in [-0.25, -0.2) is 4.98 Å². The number of pyridine rings is 1. The van der Waals surface area contributed by atoms with Gasteiger partial charge >= 0.3 is 6.36 Å². The first-order valence-corrected chi connectivity index (χ1v) is 4.79. The molecule has 94 valence electrons. The zero-order valence-electron chi connectivity index (χ0n) is 8.55. The van der Waals surface area contributed by atoms with Crippen molar-refractivity contribution >= 4 is 17.9 Å². The molecule has 0 fully saturated rings. The Morgan fingerprint density at radius 1 is 1.53 bits per heavy atom. The van der Waals surface area contributed by atoms with Gasteiger partial charge in [-0.15, -0.1) is 24.8 Å². The summed E-state index contributed by atoms with van der Waals surface area (Å²) in [5, 5.41) is 0. The molecule has 0 saturated carbocycles. The molecule has 0 aromatic carbocycles. The molecule has 0 amide bonds. The number of alkyl halides is 4. The number of methoxy groups -OCH3 is 1. The predicted octanol–water partition coefficient (Wildman–Crippen LogP) is 2.54. The monoisotopic (exact) mass is 269 g/mol. The molecular weight excluding hydrogens is 263 g/mol. The van der Waals surface area contributed by atoms with Gasteiger partial charge in [0.25, 0.3) is 0 Å². The molecule has 1 heterocycles. The molecule has 0 unspecified atom stereocenters. The van der Waals surface area contributed by atoms with Gasteiger partial charge in [-0.05, 0) is 0 Å². The molecular formula is C9H7ClF3NO3. The Bertz CT molecular complexity index is 423. The van der Waals surface area contributed by atoms with E-state index >= 15 is 0 Å². The molecule has 8 heteroatoms. The minimum Gasteiger partial charge on any atom is -0.492 e. The Balaban J connectivity index is 3.28. The summed E-state index contributed by atoms with van der Waals surface area (Å²) in [5.41, 5.74) is -0.0442. The molecule has 4 nitrogen and oxygen atoms in total. The third-order valence-corrected chi connectivity index (χ3v) is 2.07. The summed E-state index contributed by atoms with van der Waals surface area (Å²) in [6.07, 6.45) is -3.75. The number of nitrogens with zero attached hydrogens (tertiary/aromatic N) is 1. The van der Waals surface area contributed by atoms with Gasteiger partial charge in [0.15, 0.2) is 17.8 Å². The fourth-order valence-corrected chi connectivity index (χ4v) is 1.44. The molecule has 0 saturated heterocycles. The molecule has 0 aliphatic carbocycles. The highest BCUT2D eigenvalue weighted by molar-refractivity contribution is 6.17. The van der Waals surface area contributed by atoms with E-state index in [1.165, 1.54) is 0 Å². The maximum atomic E-state index is 12.1. The van der Waals surface area contributed by atoms with E-state index in [1.54, 1.807) is 0 Å². The van der Waals surface area contributed by atoms with Crippen LogP contribution in [-0.2, 0) is 5.88 Å². The highest BCUT2D eigenvalue weighted by Gasteiger charge is 2.33.